The maximum absolute atomic E-state index is 16.1. The lowest BCUT2D eigenvalue weighted by Gasteiger charge is -2.33. The third kappa shape index (κ3) is 6.27. The molecule has 46 heavy (non-hydrogen) atoms. The first-order valence-electron chi connectivity index (χ1n) is 14.8. The van der Waals surface area contributed by atoms with Gasteiger partial charge >= 0.3 is 6.16 Å². The fourth-order valence-corrected chi connectivity index (χ4v) is 7.08. The normalized spacial score (nSPS) is 17.1. The Morgan fingerprint density at radius 3 is 2.61 bits per heavy atom. The minimum Gasteiger partial charge on any atom is -0.494 e. The molecule has 3 aromatic carbocycles. The zero-order chi connectivity index (χ0) is 33.2. The molecule has 3 atom stereocenters. The number of aryl methyl sites for hydroxylation is 1. The zero-order valence-corrected chi connectivity index (χ0v) is 26.4. The predicted molar refractivity (Wildman–Crippen MR) is 171 cm³/mol. The van der Waals surface area contributed by atoms with Crippen molar-refractivity contribution in [1.82, 2.24) is 9.88 Å². The Labute approximate surface area is 266 Å². The first kappa shape index (κ1) is 32.5. The number of likely N-dealkylation sites (tertiary alicyclic amines) is 1. The summed E-state index contributed by atoms with van der Waals surface area (Å²) in [7, 11) is -2.45. The van der Waals surface area contributed by atoms with Gasteiger partial charge in [-0.2, -0.15) is 0 Å². The van der Waals surface area contributed by atoms with Gasteiger partial charge in [-0.05, 0) is 59.3 Å². The van der Waals surface area contributed by atoms with Crippen molar-refractivity contribution in [3.05, 3.63) is 89.4 Å². The maximum atomic E-state index is 16.1. The minimum absolute atomic E-state index is 0.00589. The largest absolute Gasteiger partial charge is 0.506 e. The number of sulfone groups is 1. The van der Waals surface area contributed by atoms with E-state index in [9.17, 15) is 23.1 Å². The molecule has 4 N–H and O–H groups in total. The van der Waals surface area contributed by atoms with Gasteiger partial charge in [0.2, 0.25) is 5.91 Å². The topological polar surface area (TPSA) is 161 Å². The zero-order valence-electron chi connectivity index (χ0n) is 25.6. The highest BCUT2D eigenvalue weighted by Gasteiger charge is 2.45. The van der Waals surface area contributed by atoms with Crippen molar-refractivity contribution < 1.29 is 37.0 Å². The van der Waals surface area contributed by atoms with Crippen LogP contribution >= 0.6 is 0 Å². The highest BCUT2D eigenvalue weighted by Crippen LogP contribution is 2.41. The van der Waals surface area contributed by atoms with Crippen molar-refractivity contribution in [3.8, 4) is 5.75 Å². The SMILES string of the molecule is CCc1cc(OC)c(F)c([C@@H](Nc2ccc3c(N)nccc3c2)C(=O)N2CC[C@H](OC(=O)O)[C@H]2c2ccccc2S(=O)(=O)CC)c1. The number of rotatable bonds is 10. The Morgan fingerprint density at radius 2 is 1.91 bits per heavy atom. The van der Waals surface area contributed by atoms with Gasteiger partial charge in [0.15, 0.2) is 21.4 Å². The Balaban J connectivity index is 1.67. The van der Waals surface area contributed by atoms with E-state index < -0.39 is 45.9 Å². The summed E-state index contributed by atoms with van der Waals surface area (Å²) in [6, 6.07) is 13.8. The van der Waals surface area contributed by atoms with Gasteiger partial charge in [-0.3, -0.25) is 4.79 Å². The molecule has 4 aromatic rings. The van der Waals surface area contributed by atoms with Crippen LogP contribution in [-0.2, 0) is 25.8 Å². The van der Waals surface area contributed by atoms with Crippen LogP contribution in [0.25, 0.3) is 10.8 Å². The number of nitrogens with one attached hydrogen (secondary N) is 1. The van der Waals surface area contributed by atoms with E-state index in [0.29, 0.717) is 23.3 Å². The van der Waals surface area contributed by atoms with Gasteiger partial charge in [0, 0.05) is 35.8 Å². The maximum Gasteiger partial charge on any atom is 0.506 e. The molecular formula is C33H35FN4O7S. The molecule has 11 nitrogen and oxygen atoms in total. The number of aromatic nitrogens is 1. The number of nitrogens with zero attached hydrogens (tertiary/aromatic N) is 2. The fourth-order valence-electron chi connectivity index (χ4n) is 5.93. The Morgan fingerprint density at radius 1 is 1.15 bits per heavy atom. The number of fused-ring (bicyclic) bond motifs is 1. The average molecular weight is 651 g/mol. The number of halogens is 1. The van der Waals surface area contributed by atoms with Crippen molar-refractivity contribution >= 4 is 44.2 Å². The molecule has 5 rings (SSSR count). The smallest absolute Gasteiger partial charge is 0.494 e. The first-order chi connectivity index (χ1) is 22.0. The molecule has 0 spiro atoms. The second-order valence-corrected chi connectivity index (χ2v) is 13.1. The van der Waals surface area contributed by atoms with Crippen LogP contribution in [0.5, 0.6) is 5.75 Å². The number of ether oxygens (including phenoxy) is 2. The monoisotopic (exact) mass is 650 g/mol. The summed E-state index contributed by atoms with van der Waals surface area (Å²) in [4.78, 5) is 31.9. The van der Waals surface area contributed by atoms with Gasteiger partial charge < -0.3 is 30.5 Å². The number of nitrogens with two attached hydrogens (primary N) is 1. The summed E-state index contributed by atoms with van der Waals surface area (Å²) >= 11 is 0. The highest BCUT2D eigenvalue weighted by atomic mass is 32.2. The van der Waals surface area contributed by atoms with Crippen LogP contribution in [0.2, 0.25) is 0 Å². The molecule has 13 heteroatoms. The number of amides is 1. The molecular weight excluding hydrogens is 615 g/mol. The average Bonchev–Trinajstić information content (AvgIpc) is 3.46. The van der Waals surface area contributed by atoms with E-state index >= 15 is 4.39 Å². The molecule has 2 heterocycles. The van der Waals surface area contributed by atoms with Gasteiger partial charge in [0.05, 0.1) is 23.8 Å². The van der Waals surface area contributed by atoms with Crippen molar-refractivity contribution in [2.24, 2.45) is 0 Å². The van der Waals surface area contributed by atoms with Gasteiger partial charge in [0.1, 0.15) is 18.0 Å². The number of hydrogen-bond acceptors (Lipinski definition) is 9. The van der Waals surface area contributed by atoms with Crippen molar-refractivity contribution in [2.45, 2.75) is 49.8 Å². The van der Waals surface area contributed by atoms with Gasteiger partial charge in [-0.1, -0.05) is 38.1 Å². The van der Waals surface area contributed by atoms with Crippen LogP contribution in [0.4, 0.5) is 20.7 Å². The molecule has 1 aliphatic rings. The molecule has 0 unspecified atom stereocenters. The third-order valence-corrected chi connectivity index (χ3v) is 10.1. The number of carbonyl (C=O) groups excluding carboxylic acids is 1. The van der Waals surface area contributed by atoms with E-state index in [0.717, 1.165) is 10.9 Å². The Kier molecular flexibility index (Phi) is 9.33. The van der Waals surface area contributed by atoms with Crippen molar-refractivity contribution in [3.63, 3.8) is 0 Å². The lowest BCUT2D eigenvalue weighted by atomic mass is 9.97. The Hall–Kier alpha value is -4.91. The van der Waals surface area contributed by atoms with Crippen LogP contribution < -0.4 is 15.8 Å². The quantitative estimate of drug-likeness (QED) is 0.187. The molecule has 0 saturated carbocycles. The molecule has 0 radical (unpaired) electrons. The molecule has 0 aliphatic carbocycles. The Bertz CT molecular complexity index is 1900. The van der Waals surface area contributed by atoms with E-state index in [2.05, 4.69) is 10.3 Å². The lowest BCUT2D eigenvalue weighted by Crippen LogP contribution is -2.40. The fraction of sp³-hybridized carbons (Fsp3) is 0.303. The molecule has 242 valence electrons. The van der Waals surface area contributed by atoms with E-state index in [1.165, 1.54) is 25.0 Å². The number of carbonyl (C=O) groups is 2. The van der Waals surface area contributed by atoms with E-state index in [-0.39, 0.29) is 40.5 Å². The molecule has 1 amide bonds. The lowest BCUT2D eigenvalue weighted by molar-refractivity contribution is -0.134. The van der Waals surface area contributed by atoms with Crippen LogP contribution in [0.15, 0.2) is 71.8 Å². The van der Waals surface area contributed by atoms with Crippen molar-refractivity contribution in [2.75, 3.05) is 30.5 Å². The second-order valence-electron chi connectivity index (χ2n) is 10.9. The van der Waals surface area contributed by atoms with Gasteiger partial charge in [0.25, 0.3) is 0 Å². The third-order valence-electron chi connectivity index (χ3n) is 8.25. The summed E-state index contributed by atoms with van der Waals surface area (Å²) < 4.78 is 52.9. The standard InChI is InChI=1S/C33H35FN4O7S/c1-4-19-16-24(28(34)26(17-19)44-3)29(37-21-10-11-22-20(18-21)12-14-36-31(22)35)32(39)38-15-13-25(45-33(40)41)30(38)23-8-6-7-9-27(23)46(42,43)5-2/h6-12,14,16-18,25,29-30,37H,4-5,13,15H2,1-3H3,(H2,35,36)(H,40,41)/t25-,29+,30+/m0/s1. The van der Waals surface area contributed by atoms with Crippen LogP contribution in [0.3, 0.4) is 0 Å². The number of anilines is 2. The summed E-state index contributed by atoms with van der Waals surface area (Å²) in [5.41, 5.74) is 7.44. The first-order valence-corrected chi connectivity index (χ1v) is 16.4. The number of benzene rings is 3. The summed E-state index contributed by atoms with van der Waals surface area (Å²) in [5.74, 6) is -1.30. The summed E-state index contributed by atoms with van der Waals surface area (Å²) in [6.07, 6.45) is -0.466. The van der Waals surface area contributed by atoms with Gasteiger partial charge in [-0.25, -0.2) is 22.6 Å². The minimum atomic E-state index is -3.79. The molecule has 1 fully saturated rings. The number of nitrogen functional groups attached to an aromatic ring is 1. The van der Waals surface area contributed by atoms with E-state index in [1.807, 2.05) is 6.92 Å². The predicted octanol–water partition coefficient (Wildman–Crippen LogP) is 5.51. The van der Waals surface area contributed by atoms with E-state index in [1.54, 1.807) is 60.8 Å². The van der Waals surface area contributed by atoms with E-state index in [4.69, 9.17) is 15.2 Å². The molecule has 1 aliphatic heterocycles. The van der Waals surface area contributed by atoms with Crippen LogP contribution in [0.1, 0.15) is 49.0 Å². The molecule has 1 saturated heterocycles. The number of methoxy groups -OCH3 is 1. The highest BCUT2D eigenvalue weighted by molar-refractivity contribution is 7.91. The molecule has 0 bridgehead atoms. The summed E-state index contributed by atoms with van der Waals surface area (Å²) in [5, 5.41) is 14.2. The number of pyridine rings is 1. The van der Waals surface area contributed by atoms with Crippen LogP contribution in [-0.4, -0.2) is 61.0 Å². The molecule has 1 aromatic heterocycles. The van der Waals surface area contributed by atoms with Crippen molar-refractivity contribution in [1.29, 1.82) is 0 Å². The van der Waals surface area contributed by atoms with Gasteiger partial charge in [-0.15, -0.1) is 0 Å². The van der Waals surface area contributed by atoms with Crippen LogP contribution in [0, 0.1) is 5.82 Å². The number of carboxylic acid groups (broad SMARTS) is 1. The summed E-state index contributed by atoms with van der Waals surface area (Å²) in [6.45, 7) is 3.41. The number of hydrogen-bond donors (Lipinski definition) is 3. The second kappa shape index (κ2) is 13.2.